The third kappa shape index (κ3) is 4.21. The molecule has 1 heterocycles. The van der Waals surface area contributed by atoms with Gasteiger partial charge < -0.3 is 10.6 Å². The molecule has 0 aliphatic carbocycles. The minimum Gasteiger partial charge on any atom is -0.355 e. The van der Waals surface area contributed by atoms with Crippen molar-refractivity contribution in [3.05, 3.63) is 0 Å². The number of hydrogen-bond acceptors (Lipinski definition) is 4. The quantitative estimate of drug-likeness (QED) is 0.318. The van der Waals surface area contributed by atoms with Gasteiger partial charge in [0.15, 0.2) is 0 Å². The Morgan fingerprint density at radius 2 is 1.94 bits per heavy atom. The van der Waals surface area contributed by atoms with E-state index < -0.39 is 0 Å². The van der Waals surface area contributed by atoms with Gasteiger partial charge in [0.25, 0.3) is 0 Å². The molecule has 0 aromatic heterocycles. The van der Waals surface area contributed by atoms with Crippen molar-refractivity contribution in [2.24, 2.45) is 0 Å². The summed E-state index contributed by atoms with van der Waals surface area (Å²) in [7, 11) is 0. The lowest BCUT2D eigenvalue weighted by molar-refractivity contribution is -0.138. The number of nitrogens with zero attached hydrogens (tertiary/aromatic N) is 1. The van der Waals surface area contributed by atoms with E-state index in [1.807, 2.05) is 0 Å². The van der Waals surface area contributed by atoms with Crippen molar-refractivity contribution in [3.8, 4) is 0 Å². The first-order valence-electron chi connectivity index (χ1n) is 5.42. The molecule has 2 N–H and O–H groups in total. The van der Waals surface area contributed by atoms with Gasteiger partial charge in [0.1, 0.15) is 0 Å². The predicted molar refractivity (Wildman–Crippen MR) is 57.6 cm³/mol. The van der Waals surface area contributed by atoms with Crippen LogP contribution in [0.1, 0.15) is 19.3 Å². The van der Waals surface area contributed by atoms with Crippen LogP contribution in [-0.4, -0.2) is 48.7 Å². The highest BCUT2D eigenvalue weighted by atomic mass is 16.2. The molecule has 94 valence electrons. The summed E-state index contributed by atoms with van der Waals surface area (Å²) in [6.07, 6.45) is 1.54. The first kappa shape index (κ1) is 13.1. The molecule has 7 nitrogen and oxygen atoms in total. The Hall–Kier alpha value is -1.92. The molecule has 1 fully saturated rings. The highest BCUT2D eigenvalue weighted by Crippen LogP contribution is 2.11. The molecule has 0 atom stereocenters. The monoisotopic (exact) mass is 241 g/mol. The summed E-state index contributed by atoms with van der Waals surface area (Å²) in [4.78, 5) is 44.6. The van der Waals surface area contributed by atoms with E-state index in [0.29, 0.717) is 25.9 Å². The first-order chi connectivity index (χ1) is 8.15. The Morgan fingerprint density at radius 3 is 2.53 bits per heavy atom. The largest absolute Gasteiger partial charge is 0.355 e. The average Bonchev–Trinajstić information content (AvgIpc) is 2.62. The Bertz CT molecular complexity index is 314. The van der Waals surface area contributed by atoms with Gasteiger partial charge in [0.2, 0.25) is 24.1 Å². The van der Waals surface area contributed by atoms with Crippen molar-refractivity contribution in [2.75, 3.05) is 19.6 Å². The zero-order chi connectivity index (χ0) is 12.7. The van der Waals surface area contributed by atoms with Crippen molar-refractivity contribution in [1.82, 2.24) is 15.5 Å². The van der Waals surface area contributed by atoms with Crippen LogP contribution in [0.3, 0.4) is 0 Å². The van der Waals surface area contributed by atoms with Crippen LogP contribution < -0.4 is 10.6 Å². The number of rotatable bonds is 7. The molecule has 0 radical (unpaired) electrons. The highest BCUT2D eigenvalue weighted by Gasteiger charge is 2.27. The van der Waals surface area contributed by atoms with E-state index in [2.05, 4.69) is 10.6 Å². The van der Waals surface area contributed by atoms with E-state index in [1.165, 1.54) is 4.90 Å². The van der Waals surface area contributed by atoms with Crippen LogP contribution in [0.5, 0.6) is 0 Å². The van der Waals surface area contributed by atoms with Gasteiger partial charge >= 0.3 is 0 Å². The minimum absolute atomic E-state index is 0.0644. The maximum absolute atomic E-state index is 11.2. The third-order valence-corrected chi connectivity index (χ3v) is 2.38. The summed E-state index contributed by atoms with van der Waals surface area (Å²) in [5, 5.41) is 4.79. The van der Waals surface area contributed by atoms with Gasteiger partial charge in [-0.1, -0.05) is 0 Å². The maximum atomic E-state index is 11.2. The van der Waals surface area contributed by atoms with Gasteiger partial charge in [-0.3, -0.25) is 24.1 Å². The lowest BCUT2D eigenvalue weighted by Gasteiger charge is -2.13. The predicted octanol–water partition coefficient (Wildman–Crippen LogP) is -1.61. The summed E-state index contributed by atoms with van der Waals surface area (Å²) < 4.78 is 0. The Balaban J connectivity index is 2.11. The van der Waals surface area contributed by atoms with E-state index >= 15 is 0 Å². The van der Waals surface area contributed by atoms with E-state index in [9.17, 15) is 19.2 Å². The molecule has 0 bridgehead atoms. The van der Waals surface area contributed by atoms with Crippen LogP contribution in [0, 0.1) is 0 Å². The standard InChI is InChI=1S/C10H15N3O4/c14-7-11-6-8(15)12-4-1-5-13-9(16)2-3-10(13)17/h7H,1-6H2,(H,11,14)(H,12,15). The van der Waals surface area contributed by atoms with E-state index in [0.717, 1.165) is 0 Å². The lowest BCUT2D eigenvalue weighted by Crippen LogP contribution is -2.36. The molecule has 1 aliphatic rings. The van der Waals surface area contributed by atoms with Crippen LogP contribution in [0.15, 0.2) is 0 Å². The molecule has 0 spiro atoms. The summed E-state index contributed by atoms with van der Waals surface area (Å²) in [5.41, 5.74) is 0. The molecule has 0 aromatic carbocycles. The zero-order valence-corrected chi connectivity index (χ0v) is 9.40. The molecule has 7 heteroatoms. The number of nitrogens with one attached hydrogen (secondary N) is 2. The molecule has 1 saturated heterocycles. The SMILES string of the molecule is O=CNCC(=O)NCCCN1C(=O)CCC1=O. The van der Waals surface area contributed by atoms with Crippen molar-refractivity contribution in [1.29, 1.82) is 0 Å². The van der Waals surface area contributed by atoms with Crippen molar-refractivity contribution in [2.45, 2.75) is 19.3 Å². The lowest BCUT2D eigenvalue weighted by atomic mass is 10.4. The molecule has 1 aliphatic heterocycles. The van der Waals surface area contributed by atoms with Crippen molar-refractivity contribution < 1.29 is 19.2 Å². The van der Waals surface area contributed by atoms with Gasteiger partial charge in [-0.25, -0.2) is 0 Å². The molecular weight excluding hydrogens is 226 g/mol. The number of imide groups is 1. The molecular formula is C10H15N3O4. The second kappa shape index (κ2) is 6.62. The Kier molecular flexibility index (Phi) is 5.12. The topological polar surface area (TPSA) is 95.6 Å². The first-order valence-corrected chi connectivity index (χ1v) is 5.42. The molecule has 17 heavy (non-hydrogen) atoms. The number of hydrogen-bond donors (Lipinski definition) is 2. The van der Waals surface area contributed by atoms with Gasteiger partial charge in [-0.15, -0.1) is 0 Å². The van der Waals surface area contributed by atoms with Crippen LogP contribution >= 0.6 is 0 Å². The molecule has 4 amide bonds. The van der Waals surface area contributed by atoms with Gasteiger partial charge in [-0.05, 0) is 6.42 Å². The van der Waals surface area contributed by atoms with Crippen molar-refractivity contribution in [3.63, 3.8) is 0 Å². The third-order valence-electron chi connectivity index (χ3n) is 2.38. The number of likely N-dealkylation sites (tertiary alicyclic amines) is 1. The van der Waals surface area contributed by atoms with Crippen molar-refractivity contribution >= 4 is 24.1 Å². The van der Waals surface area contributed by atoms with Crippen LogP contribution in [-0.2, 0) is 19.2 Å². The summed E-state index contributed by atoms with van der Waals surface area (Å²) in [6.45, 7) is 0.639. The molecule has 0 aromatic rings. The normalized spacial score (nSPS) is 14.9. The van der Waals surface area contributed by atoms with Crippen LogP contribution in [0.25, 0.3) is 0 Å². The molecule has 0 saturated carbocycles. The molecule has 1 rings (SSSR count). The smallest absolute Gasteiger partial charge is 0.239 e. The fraction of sp³-hybridized carbons (Fsp3) is 0.600. The van der Waals surface area contributed by atoms with Crippen LogP contribution in [0.2, 0.25) is 0 Å². The number of amides is 4. The fourth-order valence-electron chi connectivity index (χ4n) is 1.53. The second-order valence-corrected chi connectivity index (χ2v) is 3.64. The molecule has 0 unspecified atom stereocenters. The van der Waals surface area contributed by atoms with Gasteiger partial charge in [0, 0.05) is 25.9 Å². The van der Waals surface area contributed by atoms with E-state index in [4.69, 9.17) is 0 Å². The van der Waals surface area contributed by atoms with E-state index in [1.54, 1.807) is 0 Å². The summed E-state index contributed by atoms with van der Waals surface area (Å²) in [5.74, 6) is -0.593. The number of carbonyl (C=O) groups excluding carboxylic acids is 4. The average molecular weight is 241 g/mol. The summed E-state index contributed by atoms with van der Waals surface area (Å²) in [6, 6.07) is 0. The summed E-state index contributed by atoms with van der Waals surface area (Å²) >= 11 is 0. The van der Waals surface area contributed by atoms with Gasteiger partial charge in [-0.2, -0.15) is 0 Å². The zero-order valence-electron chi connectivity index (χ0n) is 9.40. The Morgan fingerprint density at radius 1 is 1.29 bits per heavy atom. The maximum Gasteiger partial charge on any atom is 0.239 e. The minimum atomic E-state index is -0.295. The van der Waals surface area contributed by atoms with Gasteiger partial charge in [0.05, 0.1) is 6.54 Å². The fourth-order valence-corrected chi connectivity index (χ4v) is 1.53. The van der Waals surface area contributed by atoms with E-state index in [-0.39, 0.29) is 37.1 Å². The number of carbonyl (C=O) groups is 4. The second-order valence-electron chi connectivity index (χ2n) is 3.64. The van der Waals surface area contributed by atoms with Crippen LogP contribution in [0.4, 0.5) is 0 Å². The Labute approximate surface area is 98.5 Å². The highest BCUT2D eigenvalue weighted by molar-refractivity contribution is 6.01.